The molecular weight excluding hydrogens is 757 g/mol. The third kappa shape index (κ3) is 6.73. The Labute approximate surface area is 369 Å². The first-order valence-electron chi connectivity index (χ1n) is 25.3. The van der Waals surface area contributed by atoms with Gasteiger partial charge in [-0.25, -0.2) is 0 Å². The Balaban J connectivity index is 0.897. The van der Waals surface area contributed by atoms with Gasteiger partial charge in [-0.2, -0.15) is 0 Å². The van der Waals surface area contributed by atoms with E-state index in [1.165, 1.54) is 77.3 Å². The van der Waals surface area contributed by atoms with E-state index >= 15 is 4.79 Å². The SMILES string of the molecule is CC(C)[C@@H]1CC[C@]2(C(=O)N3CCC[C@H]3CN3CCCC3)CC[C@]3(C)[C@H](CC[C@@H]4[C@@]5(C)CC[C@H](OC(=O)[C@@H]6C[C@H](C(=O)OCc7ccccc7)C6(C)C)C(C)(C)[C@@H]5CC[C@]43C)[C@@H]12. The Morgan fingerprint density at radius 3 is 2.13 bits per heavy atom. The normalized spacial score (nSPS) is 43.7. The number of fused-ring (bicyclic) bond motifs is 7. The molecule has 338 valence electrons. The molecule has 7 nitrogen and oxygen atoms in total. The molecule has 0 bridgehead atoms. The molecule has 13 atom stereocenters. The molecule has 1 amide bonds. The average molecular weight is 839 g/mol. The Bertz CT molecular complexity index is 1820. The third-order valence-corrected chi connectivity index (χ3v) is 21.3. The largest absolute Gasteiger partial charge is 0.462 e. The molecule has 0 N–H and O–H groups in total. The zero-order valence-corrected chi connectivity index (χ0v) is 39.7. The molecule has 1 aromatic rings. The summed E-state index contributed by atoms with van der Waals surface area (Å²) in [4.78, 5) is 47.7. The van der Waals surface area contributed by atoms with Crippen LogP contribution in [0, 0.1) is 79.8 Å². The fraction of sp³-hybridized carbons (Fsp3) is 0.833. The summed E-state index contributed by atoms with van der Waals surface area (Å²) < 4.78 is 12.4. The molecule has 0 spiro atoms. The molecule has 9 rings (SSSR count). The Hall–Kier alpha value is -2.41. The number of nitrogens with zero attached hydrogens (tertiary/aromatic N) is 2. The van der Waals surface area contributed by atoms with Gasteiger partial charge in [0.15, 0.2) is 0 Å². The van der Waals surface area contributed by atoms with Crippen LogP contribution in [0.1, 0.15) is 164 Å². The summed E-state index contributed by atoms with van der Waals surface area (Å²) in [5.41, 5.74) is 0.738. The monoisotopic (exact) mass is 839 g/mol. The van der Waals surface area contributed by atoms with Gasteiger partial charge < -0.3 is 19.3 Å². The van der Waals surface area contributed by atoms with Crippen LogP contribution >= 0.6 is 0 Å². The quantitative estimate of drug-likeness (QED) is 0.231. The number of esters is 2. The van der Waals surface area contributed by atoms with Gasteiger partial charge in [-0.3, -0.25) is 14.4 Å². The molecule has 0 aromatic heterocycles. The molecule has 1 aromatic carbocycles. The van der Waals surface area contributed by atoms with Gasteiger partial charge in [0, 0.05) is 24.5 Å². The molecule has 2 aliphatic heterocycles. The van der Waals surface area contributed by atoms with Crippen LogP contribution in [0.2, 0.25) is 0 Å². The highest BCUT2D eigenvalue weighted by Crippen LogP contribution is 2.78. The van der Waals surface area contributed by atoms with Crippen molar-refractivity contribution in [1.29, 1.82) is 0 Å². The summed E-state index contributed by atoms with van der Waals surface area (Å²) in [5, 5.41) is 0. The van der Waals surface area contributed by atoms with Crippen molar-refractivity contribution in [3.8, 4) is 0 Å². The van der Waals surface area contributed by atoms with E-state index in [4.69, 9.17) is 9.47 Å². The lowest BCUT2D eigenvalue weighted by molar-refractivity contribution is -0.252. The molecule has 0 unspecified atom stereocenters. The Morgan fingerprint density at radius 2 is 1.43 bits per heavy atom. The van der Waals surface area contributed by atoms with Crippen LogP contribution in [0.25, 0.3) is 0 Å². The molecule has 6 saturated carbocycles. The second kappa shape index (κ2) is 15.6. The van der Waals surface area contributed by atoms with Crippen molar-refractivity contribution in [2.75, 3.05) is 26.2 Å². The maximum atomic E-state index is 15.4. The molecule has 6 aliphatic carbocycles. The topological polar surface area (TPSA) is 76.2 Å². The minimum absolute atomic E-state index is 0.124. The van der Waals surface area contributed by atoms with Crippen molar-refractivity contribution in [1.82, 2.24) is 9.80 Å². The lowest BCUT2D eigenvalue weighted by atomic mass is 9.32. The van der Waals surface area contributed by atoms with E-state index < -0.39 is 5.41 Å². The van der Waals surface area contributed by atoms with Crippen LogP contribution in [0.5, 0.6) is 0 Å². The van der Waals surface area contributed by atoms with Gasteiger partial charge in [0.25, 0.3) is 0 Å². The van der Waals surface area contributed by atoms with Crippen molar-refractivity contribution in [3.63, 3.8) is 0 Å². The molecule has 61 heavy (non-hydrogen) atoms. The predicted molar refractivity (Wildman–Crippen MR) is 241 cm³/mol. The highest BCUT2D eigenvalue weighted by molar-refractivity contribution is 5.84. The molecule has 2 heterocycles. The maximum Gasteiger partial charge on any atom is 0.309 e. The summed E-state index contributed by atoms with van der Waals surface area (Å²) in [6.45, 7) is 26.6. The average Bonchev–Trinajstić information content (AvgIpc) is 4.00. The number of rotatable bonds is 9. The van der Waals surface area contributed by atoms with Crippen LogP contribution in [-0.4, -0.2) is 66.0 Å². The summed E-state index contributed by atoms with van der Waals surface area (Å²) >= 11 is 0. The minimum Gasteiger partial charge on any atom is -0.462 e. The highest BCUT2D eigenvalue weighted by atomic mass is 16.5. The predicted octanol–water partition coefficient (Wildman–Crippen LogP) is 11.1. The zero-order chi connectivity index (χ0) is 43.3. The van der Waals surface area contributed by atoms with Gasteiger partial charge in [0.05, 0.1) is 17.3 Å². The fourth-order valence-electron chi connectivity index (χ4n) is 17.6. The number of carbonyl (C=O) groups excluding carboxylic acids is 3. The Kier molecular flexibility index (Phi) is 11.2. The molecule has 8 aliphatic rings. The number of carbonyl (C=O) groups is 3. The van der Waals surface area contributed by atoms with E-state index in [1.807, 2.05) is 44.2 Å². The maximum absolute atomic E-state index is 15.4. The van der Waals surface area contributed by atoms with Crippen LogP contribution in [0.4, 0.5) is 0 Å². The van der Waals surface area contributed by atoms with Gasteiger partial charge >= 0.3 is 11.9 Å². The number of amides is 1. The molecule has 8 fully saturated rings. The van der Waals surface area contributed by atoms with E-state index in [2.05, 4.69) is 58.3 Å². The van der Waals surface area contributed by atoms with Crippen molar-refractivity contribution < 1.29 is 23.9 Å². The first-order chi connectivity index (χ1) is 28.9. The van der Waals surface area contributed by atoms with Crippen molar-refractivity contribution in [3.05, 3.63) is 35.9 Å². The number of ether oxygens (including phenoxy) is 2. The molecule has 2 saturated heterocycles. The Morgan fingerprint density at radius 1 is 0.705 bits per heavy atom. The summed E-state index contributed by atoms with van der Waals surface area (Å²) in [6, 6.07) is 10.2. The van der Waals surface area contributed by atoms with Gasteiger partial charge in [0.2, 0.25) is 5.91 Å². The van der Waals surface area contributed by atoms with Gasteiger partial charge in [0.1, 0.15) is 12.7 Å². The lowest BCUT2D eigenvalue weighted by Gasteiger charge is -2.73. The number of hydrogen-bond donors (Lipinski definition) is 0. The zero-order valence-electron chi connectivity index (χ0n) is 39.7. The van der Waals surface area contributed by atoms with Gasteiger partial charge in [-0.15, -0.1) is 0 Å². The van der Waals surface area contributed by atoms with E-state index in [1.54, 1.807) is 0 Å². The second-order valence-electron chi connectivity index (χ2n) is 24.6. The molecule has 7 heteroatoms. The van der Waals surface area contributed by atoms with E-state index in [0.29, 0.717) is 53.9 Å². The standard InChI is InChI=1S/C54H82N2O5/c1-35(2)38-21-26-54(48(59)56-31-15-18-37(56)33-55-29-13-14-30-55)28-27-52(8)39(45(38)54)19-20-43-51(7)24-23-44(50(5,6)42(51)22-25-53(43,52)9)61-47(58)41-32-40(49(41,3)4)46(57)60-34-36-16-11-10-12-17-36/h10-12,16-17,35,37-45H,13-15,18-34H2,1-9H3/t37-,38-,39+,40+,41-,42-,43+,44-,45+,51-,52+,53+,54-/m0/s1. The fourth-order valence-corrected chi connectivity index (χ4v) is 17.6. The smallest absolute Gasteiger partial charge is 0.309 e. The summed E-state index contributed by atoms with van der Waals surface area (Å²) in [5.74, 6) is 3.03. The first-order valence-corrected chi connectivity index (χ1v) is 25.3. The highest BCUT2D eigenvalue weighted by Gasteiger charge is 2.73. The summed E-state index contributed by atoms with van der Waals surface area (Å²) in [6.07, 6.45) is 16.8. The minimum atomic E-state index is -0.501. The summed E-state index contributed by atoms with van der Waals surface area (Å²) in [7, 11) is 0. The third-order valence-electron chi connectivity index (χ3n) is 21.3. The second-order valence-corrected chi connectivity index (χ2v) is 24.6. The van der Waals surface area contributed by atoms with E-state index in [0.717, 1.165) is 44.3 Å². The number of hydrogen-bond acceptors (Lipinski definition) is 6. The molecule has 0 radical (unpaired) electrons. The van der Waals surface area contributed by atoms with Crippen molar-refractivity contribution in [2.24, 2.45) is 79.8 Å². The van der Waals surface area contributed by atoms with Crippen molar-refractivity contribution in [2.45, 2.75) is 177 Å². The lowest BCUT2D eigenvalue weighted by Crippen LogP contribution is -2.68. The van der Waals surface area contributed by atoms with Crippen molar-refractivity contribution >= 4 is 17.8 Å². The van der Waals surface area contributed by atoms with Crippen LogP contribution in [0.15, 0.2) is 30.3 Å². The van der Waals surface area contributed by atoms with E-state index in [9.17, 15) is 9.59 Å². The molecular formula is C54H82N2O5. The first kappa shape index (κ1) is 43.8. The van der Waals surface area contributed by atoms with Crippen LogP contribution in [0.3, 0.4) is 0 Å². The van der Waals surface area contributed by atoms with E-state index in [-0.39, 0.29) is 63.6 Å². The van der Waals surface area contributed by atoms with Gasteiger partial charge in [-0.05, 0) is 172 Å². The number of benzene rings is 1. The number of likely N-dealkylation sites (tertiary alicyclic amines) is 2. The van der Waals surface area contributed by atoms with Crippen LogP contribution in [-0.2, 0) is 30.5 Å². The van der Waals surface area contributed by atoms with Crippen LogP contribution < -0.4 is 0 Å². The van der Waals surface area contributed by atoms with Gasteiger partial charge in [-0.1, -0.05) is 92.6 Å².